The molecule has 0 unspecified atom stereocenters. The highest BCUT2D eigenvalue weighted by Gasteiger charge is 2.38. The Bertz CT molecular complexity index is 320. The van der Waals surface area contributed by atoms with E-state index in [0.717, 1.165) is 32.1 Å². The number of hydrogen-bond donors (Lipinski definition) is 1. The van der Waals surface area contributed by atoms with E-state index >= 15 is 0 Å². The third-order valence-electron chi connectivity index (χ3n) is 4.19. The lowest BCUT2D eigenvalue weighted by atomic mass is 9.77. The van der Waals surface area contributed by atoms with Gasteiger partial charge < -0.3 is 5.32 Å². The molecule has 1 rings (SSSR count). The SMILES string of the molecule is CCC(C)(C)C(=O)NC1(C#N)CCC(C)CC1. The van der Waals surface area contributed by atoms with Crippen molar-refractivity contribution in [2.45, 2.75) is 65.3 Å². The first-order valence-corrected chi connectivity index (χ1v) is 6.59. The molecule has 1 saturated carbocycles. The van der Waals surface area contributed by atoms with Crippen LogP contribution in [-0.2, 0) is 4.79 Å². The summed E-state index contributed by atoms with van der Waals surface area (Å²) >= 11 is 0. The summed E-state index contributed by atoms with van der Waals surface area (Å²) in [5.41, 5.74) is -0.997. The van der Waals surface area contributed by atoms with Crippen LogP contribution in [0.2, 0.25) is 0 Å². The highest BCUT2D eigenvalue weighted by atomic mass is 16.2. The summed E-state index contributed by atoms with van der Waals surface area (Å²) in [4.78, 5) is 12.1. The van der Waals surface area contributed by atoms with E-state index in [1.54, 1.807) is 0 Å². The number of nitrogens with zero attached hydrogens (tertiary/aromatic N) is 1. The van der Waals surface area contributed by atoms with E-state index in [9.17, 15) is 10.1 Å². The Morgan fingerprint density at radius 2 is 2.00 bits per heavy atom. The highest BCUT2D eigenvalue weighted by molar-refractivity contribution is 5.82. The Labute approximate surface area is 105 Å². The van der Waals surface area contributed by atoms with Crippen molar-refractivity contribution in [3.8, 4) is 6.07 Å². The molecule has 0 aromatic carbocycles. The van der Waals surface area contributed by atoms with Gasteiger partial charge in [-0.2, -0.15) is 5.26 Å². The predicted octanol–water partition coefficient (Wildman–Crippen LogP) is 3.01. The van der Waals surface area contributed by atoms with Gasteiger partial charge in [-0.25, -0.2) is 0 Å². The third-order valence-corrected chi connectivity index (χ3v) is 4.19. The summed E-state index contributed by atoms with van der Waals surface area (Å²) in [7, 11) is 0. The van der Waals surface area contributed by atoms with E-state index in [-0.39, 0.29) is 11.3 Å². The number of rotatable bonds is 3. The Hall–Kier alpha value is -1.04. The van der Waals surface area contributed by atoms with Crippen LogP contribution in [0.25, 0.3) is 0 Å². The maximum absolute atomic E-state index is 12.1. The first-order chi connectivity index (χ1) is 7.85. The van der Waals surface area contributed by atoms with E-state index in [4.69, 9.17) is 0 Å². The molecule has 3 heteroatoms. The Morgan fingerprint density at radius 3 is 2.41 bits per heavy atom. The van der Waals surface area contributed by atoms with E-state index in [1.165, 1.54) is 0 Å². The van der Waals surface area contributed by atoms with Crippen LogP contribution in [0.1, 0.15) is 59.8 Å². The zero-order valence-corrected chi connectivity index (χ0v) is 11.5. The summed E-state index contributed by atoms with van der Waals surface area (Å²) in [6.45, 7) is 8.07. The monoisotopic (exact) mass is 236 g/mol. The van der Waals surface area contributed by atoms with E-state index in [0.29, 0.717) is 5.92 Å². The fraction of sp³-hybridized carbons (Fsp3) is 0.857. The zero-order chi connectivity index (χ0) is 13.1. The van der Waals surface area contributed by atoms with Crippen molar-refractivity contribution in [2.24, 2.45) is 11.3 Å². The maximum atomic E-state index is 12.1. The van der Waals surface area contributed by atoms with Crippen molar-refractivity contribution in [1.82, 2.24) is 5.32 Å². The fourth-order valence-corrected chi connectivity index (χ4v) is 2.07. The molecule has 1 fully saturated rings. The van der Waals surface area contributed by atoms with E-state index in [2.05, 4.69) is 18.3 Å². The molecule has 17 heavy (non-hydrogen) atoms. The number of amides is 1. The lowest BCUT2D eigenvalue weighted by molar-refractivity contribution is -0.131. The van der Waals surface area contributed by atoms with Gasteiger partial charge in [-0.3, -0.25) is 4.79 Å². The molecule has 0 atom stereocenters. The van der Waals surface area contributed by atoms with Crippen molar-refractivity contribution >= 4 is 5.91 Å². The Kier molecular flexibility index (Phi) is 4.19. The maximum Gasteiger partial charge on any atom is 0.226 e. The topological polar surface area (TPSA) is 52.9 Å². The van der Waals surface area contributed by atoms with Crippen LogP contribution in [0, 0.1) is 22.7 Å². The number of carbonyl (C=O) groups excluding carboxylic acids is 1. The minimum absolute atomic E-state index is 0.0103. The normalized spacial score (nSPS) is 29.5. The minimum atomic E-state index is -0.615. The molecule has 0 spiro atoms. The molecule has 0 heterocycles. The van der Waals surface area contributed by atoms with Gasteiger partial charge in [0.15, 0.2) is 0 Å². The number of nitriles is 1. The van der Waals surface area contributed by atoms with E-state index in [1.807, 2.05) is 20.8 Å². The highest BCUT2D eigenvalue weighted by Crippen LogP contribution is 2.32. The first-order valence-electron chi connectivity index (χ1n) is 6.59. The number of nitrogens with one attached hydrogen (secondary N) is 1. The molecule has 0 bridgehead atoms. The molecule has 0 radical (unpaired) electrons. The van der Waals surface area contributed by atoms with Crippen molar-refractivity contribution < 1.29 is 4.79 Å². The van der Waals surface area contributed by atoms with Crippen LogP contribution in [0.4, 0.5) is 0 Å². The second-order valence-corrected chi connectivity index (χ2v) is 6.07. The summed E-state index contributed by atoms with van der Waals surface area (Å²) in [6, 6.07) is 2.33. The van der Waals surface area contributed by atoms with Gasteiger partial charge >= 0.3 is 0 Å². The Morgan fingerprint density at radius 1 is 1.47 bits per heavy atom. The van der Waals surface area contributed by atoms with Crippen LogP contribution in [0.3, 0.4) is 0 Å². The summed E-state index contributed by atoms with van der Waals surface area (Å²) < 4.78 is 0. The molecule has 0 aliphatic heterocycles. The van der Waals surface area contributed by atoms with Gasteiger partial charge in [0, 0.05) is 5.41 Å². The van der Waals surface area contributed by atoms with Gasteiger partial charge in [-0.15, -0.1) is 0 Å². The molecule has 0 aromatic rings. The van der Waals surface area contributed by atoms with Gasteiger partial charge in [-0.05, 0) is 38.0 Å². The van der Waals surface area contributed by atoms with Crippen molar-refractivity contribution in [1.29, 1.82) is 5.26 Å². The van der Waals surface area contributed by atoms with E-state index < -0.39 is 5.54 Å². The number of carbonyl (C=O) groups is 1. The lowest BCUT2D eigenvalue weighted by Gasteiger charge is -2.36. The summed E-state index contributed by atoms with van der Waals surface area (Å²) in [5, 5.41) is 12.3. The summed E-state index contributed by atoms with van der Waals surface area (Å²) in [5.74, 6) is 0.684. The van der Waals surface area contributed by atoms with Crippen LogP contribution < -0.4 is 5.32 Å². The molecule has 1 aliphatic carbocycles. The van der Waals surface area contributed by atoms with Crippen LogP contribution >= 0.6 is 0 Å². The van der Waals surface area contributed by atoms with Crippen LogP contribution in [-0.4, -0.2) is 11.4 Å². The zero-order valence-electron chi connectivity index (χ0n) is 11.5. The average Bonchev–Trinajstić information content (AvgIpc) is 2.32. The smallest absolute Gasteiger partial charge is 0.226 e. The van der Waals surface area contributed by atoms with Gasteiger partial charge in [0.1, 0.15) is 5.54 Å². The van der Waals surface area contributed by atoms with Gasteiger partial charge in [0.25, 0.3) is 0 Å². The Balaban J connectivity index is 2.71. The van der Waals surface area contributed by atoms with Gasteiger partial charge in [0.05, 0.1) is 6.07 Å². The molecule has 1 amide bonds. The molecule has 1 aliphatic rings. The molecule has 0 saturated heterocycles. The van der Waals surface area contributed by atoms with Gasteiger partial charge in [0.2, 0.25) is 5.91 Å². The third kappa shape index (κ3) is 3.21. The molecule has 1 N–H and O–H groups in total. The van der Waals surface area contributed by atoms with Crippen LogP contribution in [0.5, 0.6) is 0 Å². The predicted molar refractivity (Wildman–Crippen MR) is 68.2 cm³/mol. The largest absolute Gasteiger partial charge is 0.337 e. The molecule has 3 nitrogen and oxygen atoms in total. The lowest BCUT2D eigenvalue weighted by Crippen LogP contribution is -2.53. The van der Waals surface area contributed by atoms with Crippen molar-refractivity contribution in [2.75, 3.05) is 0 Å². The summed E-state index contributed by atoms with van der Waals surface area (Å²) in [6.07, 6.45) is 4.42. The molecule has 0 aromatic heterocycles. The van der Waals surface area contributed by atoms with Gasteiger partial charge in [-0.1, -0.05) is 27.7 Å². The molecular weight excluding hydrogens is 212 g/mol. The second-order valence-electron chi connectivity index (χ2n) is 6.07. The molecular formula is C14H24N2O. The minimum Gasteiger partial charge on any atom is -0.337 e. The van der Waals surface area contributed by atoms with Crippen LogP contribution in [0.15, 0.2) is 0 Å². The number of hydrogen-bond acceptors (Lipinski definition) is 2. The quantitative estimate of drug-likeness (QED) is 0.819. The average molecular weight is 236 g/mol. The van der Waals surface area contributed by atoms with Crippen molar-refractivity contribution in [3.05, 3.63) is 0 Å². The molecule has 96 valence electrons. The fourth-order valence-electron chi connectivity index (χ4n) is 2.07. The standard InChI is InChI=1S/C14H24N2O/c1-5-13(3,4)12(17)16-14(10-15)8-6-11(2)7-9-14/h11H,5-9H2,1-4H3,(H,16,17). The second kappa shape index (κ2) is 5.08. The first kappa shape index (κ1) is 14.0. The van der Waals surface area contributed by atoms with Crippen molar-refractivity contribution in [3.63, 3.8) is 0 Å².